The van der Waals surface area contributed by atoms with E-state index in [0.29, 0.717) is 24.7 Å². The predicted molar refractivity (Wildman–Crippen MR) is 151 cm³/mol. The van der Waals surface area contributed by atoms with Crippen LogP contribution in [0, 0.1) is 17.3 Å². The molecule has 3 saturated carbocycles. The second-order valence-electron chi connectivity index (χ2n) is 11.1. The maximum atomic E-state index is 10.5. The molecule has 0 aromatic carbocycles. The Kier molecular flexibility index (Phi) is 9.14. The van der Waals surface area contributed by atoms with Gasteiger partial charge in [-0.05, 0) is 79.8 Å². The van der Waals surface area contributed by atoms with Crippen LogP contribution < -0.4 is 0 Å². The fraction of sp³-hybridized carbons (Fsp3) is 0.667. The lowest BCUT2D eigenvalue weighted by atomic mass is 9.61. The van der Waals surface area contributed by atoms with E-state index in [9.17, 15) is 15.3 Å². The van der Waals surface area contributed by atoms with Crippen molar-refractivity contribution in [3.63, 3.8) is 0 Å². The summed E-state index contributed by atoms with van der Waals surface area (Å²) in [7, 11) is 0. The monoisotopic (exact) mass is 580 g/mol. The highest BCUT2D eigenvalue weighted by atomic mass is 127. The number of alkyl halides is 1. The van der Waals surface area contributed by atoms with Crippen molar-refractivity contribution in [3.05, 3.63) is 59.8 Å². The summed E-state index contributed by atoms with van der Waals surface area (Å²) in [6.07, 6.45) is 20.2. The van der Waals surface area contributed by atoms with Crippen LogP contribution in [0.15, 0.2) is 59.8 Å². The molecular formula is C30H45IO3. The average molecular weight is 581 g/mol. The van der Waals surface area contributed by atoms with Crippen molar-refractivity contribution in [3.8, 4) is 0 Å². The lowest BCUT2D eigenvalue weighted by Gasteiger charge is -2.49. The Morgan fingerprint density at radius 3 is 2.56 bits per heavy atom. The molecule has 0 heterocycles. The Labute approximate surface area is 221 Å². The van der Waals surface area contributed by atoms with Gasteiger partial charge in [-0.15, -0.1) is 0 Å². The number of hydrogen-bond donors (Lipinski definition) is 3. The van der Waals surface area contributed by atoms with Gasteiger partial charge in [0, 0.05) is 9.84 Å². The third kappa shape index (κ3) is 5.50. The molecule has 6 atom stereocenters. The smallest absolute Gasteiger partial charge is 0.0825 e. The van der Waals surface area contributed by atoms with Crippen molar-refractivity contribution in [2.45, 2.75) is 107 Å². The molecule has 0 amide bonds. The van der Waals surface area contributed by atoms with Gasteiger partial charge in [-0.3, -0.25) is 0 Å². The predicted octanol–water partition coefficient (Wildman–Crippen LogP) is 6.98. The van der Waals surface area contributed by atoms with E-state index < -0.39 is 17.8 Å². The fourth-order valence-electron chi connectivity index (χ4n) is 6.57. The van der Waals surface area contributed by atoms with Crippen LogP contribution in [-0.2, 0) is 0 Å². The zero-order chi connectivity index (χ0) is 25.1. The van der Waals surface area contributed by atoms with Gasteiger partial charge in [0.15, 0.2) is 0 Å². The van der Waals surface area contributed by atoms with Crippen molar-refractivity contribution < 1.29 is 15.3 Å². The molecule has 3 aliphatic rings. The highest BCUT2D eigenvalue weighted by Gasteiger charge is 2.58. The first-order valence-electron chi connectivity index (χ1n) is 13.2. The number of allylic oxidation sites excluding steroid dienone is 6. The van der Waals surface area contributed by atoms with E-state index in [4.69, 9.17) is 0 Å². The summed E-state index contributed by atoms with van der Waals surface area (Å²) < 4.78 is 0.194. The van der Waals surface area contributed by atoms with Gasteiger partial charge in [0.05, 0.1) is 17.8 Å². The van der Waals surface area contributed by atoms with Gasteiger partial charge in [-0.2, -0.15) is 0 Å². The van der Waals surface area contributed by atoms with Gasteiger partial charge in [0.2, 0.25) is 0 Å². The molecule has 3 aliphatic carbocycles. The third-order valence-electron chi connectivity index (χ3n) is 9.25. The van der Waals surface area contributed by atoms with E-state index in [-0.39, 0.29) is 8.84 Å². The van der Waals surface area contributed by atoms with Crippen LogP contribution in [0.3, 0.4) is 0 Å². The number of aliphatic hydroxyl groups is 3. The van der Waals surface area contributed by atoms with Gasteiger partial charge in [-0.1, -0.05) is 98.9 Å². The van der Waals surface area contributed by atoms with Crippen molar-refractivity contribution in [2.75, 3.05) is 0 Å². The van der Waals surface area contributed by atoms with Gasteiger partial charge >= 0.3 is 0 Å². The van der Waals surface area contributed by atoms with Gasteiger partial charge in [0.1, 0.15) is 0 Å². The van der Waals surface area contributed by atoms with Crippen molar-refractivity contribution >= 4 is 22.6 Å². The summed E-state index contributed by atoms with van der Waals surface area (Å²) >= 11 is 2.77. The van der Waals surface area contributed by atoms with Gasteiger partial charge < -0.3 is 15.3 Å². The highest BCUT2D eigenvalue weighted by molar-refractivity contribution is 14.1. The first kappa shape index (κ1) is 27.9. The minimum Gasteiger partial charge on any atom is -0.393 e. The standard InChI is InChI=1S/C30H45IO3/c1-6-29(34,7-2)17-9-8-11-21(3)30(31)18-15-26-23(12-10-16-28(26,30)5)13-14-24-19-25(32)20-27(33)22(24)4/h8-9,11,13-14,17,21,25-27,32-34H,4,6-7,10,12,15-16,18-20H2,1-3,5H3. The molecule has 0 radical (unpaired) electrons. The first-order valence-corrected chi connectivity index (χ1v) is 14.3. The average Bonchev–Trinajstić information content (AvgIpc) is 3.09. The molecule has 3 nitrogen and oxygen atoms in total. The van der Waals surface area contributed by atoms with Gasteiger partial charge in [-0.25, -0.2) is 0 Å². The van der Waals surface area contributed by atoms with E-state index >= 15 is 0 Å². The lowest BCUT2D eigenvalue weighted by molar-refractivity contribution is 0.0827. The Morgan fingerprint density at radius 1 is 1.18 bits per heavy atom. The molecule has 0 saturated heterocycles. The summed E-state index contributed by atoms with van der Waals surface area (Å²) in [4.78, 5) is 0. The number of aliphatic hydroxyl groups excluding tert-OH is 2. The molecule has 3 fully saturated rings. The Bertz CT molecular complexity index is 864. The topological polar surface area (TPSA) is 60.7 Å². The summed E-state index contributed by atoms with van der Waals surface area (Å²) in [5, 5.41) is 30.8. The van der Waals surface area contributed by atoms with Crippen LogP contribution in [-0.4, -0.2) is 36.6 Å². The molecule has 6 unspecified atom stereocenters. The van der Waals surface area contributed by atoms with Crippen LogP contribution in [0.1, 0.15) is 85.5 Å². The van der Waals surface area contributed by atoms with E-state index in [1.165, 1.54) is 31.3 Å². The molecule has 3 N–H and O–H groups in total. The highest BCUT2D eigenvalue weighted by Crippen LogP contribution is 2.65. The molecule has 3 rings (SSSR count). The zero-order valence-electron chi connectivity index (χ0n) is 21.6. The van der Waals surface area contributed by atoms with Crippen molar-refractivity contribution in [1.82, 2.24) is 0 Å². The maximum absolute atomic E-state index is 10.5. The molecule has 0 aromatic rings. The second-order valence-corrected chi connectivity index (χ2v) is 13.1. The van der Waals surface area contributed by atoms with E-state index in [0.717, 1.165) is 30.4 Å². The molecule has 0 aliphatic heterocycles. The quantitative estimate of drug-likeness (QED) is 0.173. The maximum Gasteiger partial charge on any atom is 0.0825 e. The minimum absolute atomic E-state index is 0.194. The second kappa shape index (κ2) is 11.1. The Hall–Kier alpha value is -0.690. The first-order chi connectivity index (χ1) is 16.0. The minimum atomic E-state index is -0.701. The molecule has 190 valence electrons. The summed E-state index contributed by atoms with van der Waals surface area (Å²) in [6, 6.07) is 0. The van der Waals surface area contributed by atoms with Crippen LogP contribution >= 0.6 is 22.6 Å². The summed E-state index contributed by atoms with van der Waals surface area (Å²) in [5.74, 6) is 1.00. The van der Waals surface area contributed by atoms with Crippen LogP contribution in [0.2, 0.25) is 0 Å². The number of halogens is 1. The molecule has 4 heteroatoms. The Balaban J connectivity index is 1.78. The number of rotatable bonds is 7. The van der Waals surface area contributed by atoms with Gasteiger partial charge in [0.25, 0.3) is 0 Å². The third-order valence-corrected chi connectivity index (χ3v) is 12.0. The molecule has 0 bridgehead atoms. The summed E-state index contributed by atoms with van der Waals surface area (Å²) in [5.41, 5.74) is 2.81. The molecule has 34 heavy (non-hydrogen) atoms. The number of hydrogen-bond acceptors (Lipinski definition) is 3. The van der Waals surface area contributed by atoms with Crippen molar-refractivity contribution in [1.29, 1.82) is 0 Å². The van der Waals surface area contributed by atoms with Crippen LogP contribution in [0.5, 0.6) is 0 Å². The molecular weight excluding hydrogens is 535 g/mol. The van der Waals surface area contributed by atoms with Crippen LogP contribution in [0.4, 0.5) is 0 Å². The normalized spacial score (nSPS) is 38.4. The lowest BCUT2D eigenvalue weighted by Crippen LogP contribution is -2.46. The van der Waals surface area contributed by atoms with E-state index in [1.54, 1.807) is 0 Å². The van der Waals surface area contributed by atoms with Crippen molar-refractivity contribution in [2.24, 2.45) is 17.3 Å². The number of fused-ring (bicyclic) bond motifs is 1. The van der Waals surface area contributed by atoms with Crippen LogP contribution in [0.25, 0.3) is 0 Å². The SMILES string of the molecule is C=C1C(=CC=C2CCCC3(C)C2CCC3(I)C(C)C=CC=CC(O)(CC)CC)CC(O)CC1O. The van der Waals surface area contributed by atoms with E-state index in [2.05, 4.69) is 67.3 Å². The largest absolute Gasteiger partial charge is 0.393 e. The fourth-order valence-corrected chi connectivity index (χ4v) is 7.74. The summed E-state index contributed by atoms with van der Waals surface area (Å²) in [6.45, 7) is 13.0. The van der Waals surface area contributed by atoms with E-state index in [1.807, 2.05) is 26.0 Å². The Morgan fingerprint density at radius 2 is 1.88 bits per heavy atom. The molecule has 0 aromatic heterocycles. The zero-order valence-corrected chi connectivity index (χ0v) is 23.7. The molecule has 0 spiro atoms.